The number of anilines is 1. The van der Waals surface area contributed by atoms with E-state index in [0.717, 1.165) is 11.3 Å². The summed E-state index contributed by atoms with van der Waals surface area (Å²) in [6.07, 6.45) is 0.621. The van der Waals surface area contributed by atoms with Gasteiger partial charge in [0.2, 0.25) is 17.7 Å². The van der Waals surface area contributed by atoms with E-state index >= 15 is 0 Å². The molecule has 0 radical (unpaired) electrons. The number of carbonyl (C=O) groups is 4. The minimum atomic E-state index is -0.918. The van der Waals surface area contributed by atoms with Crippen LogP contribution in [0.3, 0.4) is 0 Å². The fraction of sp³-hybridized carbons (Fsp3) is 0.545. The maximum absolute atomic E-state index is 13.1. The van der Waals surface area contributed by atoms with Crippen LogP contribution in [-0.4, -0.2) is 50.4 Å². The first-order chi connectivity index (χ1) is 14.6. The van der Waals surface area contributed by atoms with Gasteiger partial charge in [-0.2, -0.15) is 0 Å². The number of ether oxygens (including phenoxy) is 1. The average Bonchev–Trinajstić information content (AvgIpc) is 3.32. The molecule has 1 N–H and O–H groups in total. The van der Waals surface area contributed by atoms with Gasteiger partial charge in [-0.05, 0) is 63.3 Å². The fourth-order valence-corrected chi connectivity index (χ4v) is 6.96. The molecule has 31 heavy (non-hydrogen) atoms. The van der Waals surface area contributed by atoms with Crippen molar-refractivity contribution in [3.05, 3.63) is 29.8 Å². The van der Waals surface area contributed by atoms with Gasteiger partial charge in [-0.15, -0.1) is 0 Å². The number of amides is 3. The Morgan fingerprint density at radius 2 is 1.52 bits per heavy atom. The van der Waals surface area contributed by atoms with Crippen molar-refractivity contribution < 1.29 is 23.9 Å². The second kappa shape index (κ2) is 8.31. The summed E-state index contributed by atoms with van der Waals surface area (Å²) in [5.41, 5.74) is 0.847. The zero-order valence-corrected chi connectivity index (χ0v) is 20.6. The Morgan fingerprint density at radius 3 is 2.00 bits per heavy atom. The maximum atomic E-state index is 13.1. The summed E-state index contributed by atoms with van der Waals surface area (Å²) in [6, 6.07) is 5.39. The highest BCUT2D eigenvalue weighted by atomic mass is 79.9. The second-order valence-corrected chi connectivity index (χ2v) is 10.9. The molecule has 3 aliphatic rings. The van der Waals surface area contributed by atoms with E-state index in [1.165, 1.54) is 0 Å². The Labute approximate surface area is 197 Å². The molecule has 7 nitrogen and oxygen atoms in total. The summed E-state index contributed by atoms with van der Waals surface area (Å²) >= 11 is 7.33. The number of hydrogen-bond donors (Lipinski definition) is 1. The summed E-state index contributed by atoms with van der Waals surface area (Å²) in [6.45, 7) is 5.11. The molecule has 2 saturated carbocycles. The third-order valence-corrected chi connectivity index (χ3v) is 9.73. The van der Waals surface area contributed by atoms with Crippen LogP contribution in [0.15, 0.2) is 24.3 Å². The first-order valence-electron chi connectivity index (χ1n) is 10.4. The van der Waals surface area contributed by atoms with Crippen molar-refractivity contribution in [3.8, 4) is 0 Å². The summed E-state index contributed by atoms with van der Waals surface area (Å²) < 4.78 is 5.15. The number of esters is 1. The van der Waals surface area contributed by atoms with Crippen LogP contribution in [0, 0.1) is 23.7 Å². The number of hydrogen-bond acceptors (Lipinski definition) is 5. The molecule has 3 amide bonds. The van der Waals surface area contributed by atoms with Crippen molar-refractivity contribution in [3.63, 3.8) is 0 Å². The van der Waals surface area contributed by atoms with Crippen LogP contribution in [0.4, 0.5) is 5.69 Å². The van der Waals surface area contributed by atoms with Crippen molar-refractivity contribution in [2.75, 3.05) is 5.32 Å². The highest BCUT2D eigenvalue weighted by Gasteiger charge is 2.67. The van der Waals surface area contributed by atoms with Gasteiger partial charge in [-0.1, -0.05) is 31.9 Å². The van der Waals surface area contributed by atoms with E-state index in [4.69, 9.17) is 4.74 Å². The molecule has 7 unspecified atom stereocenters. The Kier molecular flexibility index (Phi) is 6.02. The van der Waals surface area contributed by atoms with Gasteiger partial charge >= 0.3 is 5.97 Å². The van der Waals surface area contributed by atoms with Crippen molar-refractivity contribution in [1.82, 2.24) is 4.90 Å². The van der Waals surface area contributed by atoms with Crippen molar-refractivity contribution >= 4 is 61.2 Å². The zero-order valence-electron chi connectivity index (χ0n) is 17.4. The molecule has 0 aromatic heterocycles. The molecule has 1 aliphatic heterocycles. The highest BCUT2D eigenvalue weighted by molar-refractivity contribution is 9.12. The minimum absolute atomic E-state index is 0.106. The molecule has 1 saturated heterocycles. The van der Waals surface area contributed by atoms with Crippen molar-refractivity contribution in [2.24, 2.45) is 23.7 Å². The van der Waals surface area contributed by atoms with E-state index in [1.54, 1.807) is 45.0 Å². The van der Waals surface area contributed by atoms with Gasteiger partial charge in [0.05, 0.1) is 23.5 Å². The molecule has 7 atom stereocenters. The topological polar surface area (TPSA) is 92.8 Å². The lowest BCUT2D eigenvalue weighted by atomic mass is 9.81. The third kappa shape index (κ3) is 3.73. The number of rotatable bonds is 5. The van der Waals surface area contributed by atoms with Crippen LogP contribution in [0.1, 0.15) is 37.6 Å². The van der Waals surface area contributed by atoms with Crippen LogP contribution in [0.5, 0.6) is 0 Å². The SMILES string of the molecule is CC(C)OC(=O)c1ccc(NC(=O)C(C)N2C(=O)C3C4CC(C(Br)C4Br)C3C2=O)cc1. The molecule has 9 heteroatoms. The molecule has 1 aromatic carbocycles. The van der Waals surface area contributed by atoms with E-state index in [9.17, 15) is 19.2 Å². The van der Waals surface area contributed by atoms with Crippen LogP contribution in [-0.2, 0) is 19.1 Å². The first-order valence-corrected chi connectivity index (χ1v) is 12.2. The Balaban J connectivity index is 1.44. The van der Waals surface area contributed by atoms with Gasteiger partial charge in [0, 0.05) is 15.3 Å². The molecule has 1 aromatic rings. The van der Waals surface area contributed by atoms with Crippen LogP contribution in [0.25, 0.3) is 0 Å². The van der Waals surface area contributed by atoms with Gasteiger partial charge in [0.15, 0.2) is 0 Å². The highest BCUT2D eigenvalue weighted by Crippen LogP contribution is 2.60. The van der Waals surface area contributed by atoms with Gasteiger partial charge < -0.3 is 10.1 Å². The van der Waals surface area contributed by atoms with E-state index in [0.29, 0.717) is 11.3 Å². The number of carbonyl (C=O) groups excluding carboxylic acids is 4. The van der Waals surface area contributed by atoms with Crippen molar-refractivity contribution in [2.45, 2.75) is 49.0 Å². The number of alkyl halides is 2. The number of nitrogens with one attached hydrogen (secondary N) is 1. The number of nitrogens with zero attached hydrogens (tertiary/aromatic N) is 1. The molecular formula is C22H24Br2N2O5. The van der Waals surface area contributed by atoms with Gasteiger partial charge in [0.25, 0.3) is 0 Å². The number of imide groups is 1. The number of halogens is 2. The van der Waals surface area contributed by atoms with E-state index < -0.39 is 17.9 Å². The molecule has 3 fully saturated rings. The third-order valence-electron chi connectivity index (χ3n) is 6.52. The minimum Gasteiger partial charge on any atom is -0.459 e. The molecule has 4 rings (SSSR count). The average molecular weight is 556 g/mol. The fourth-order valence-electron chi connectivity index (χ4n) is 5.09. The quantitative estimate of drug-likeness (QED) is 0.342. The van der Waals surface area contributed by atoms with Gasteiger partial charge in [0.1, 0.15) is 6.04 Å². The second-order valence-electron chi connectivity index (χ2n) is 8.75. The lowest BCUT2D eigenvalue weighted by molar-refractivity contribution is -0.146. The van der Waals surface area contributed by atoms with E-state index in [2.05, 4.69) is 37.2 Å². The molecule has 2 aliphatic carbocycles. The summed E-state index contributed by atoms with van der Waals surface area (Å²) in [7, 11) is 0. The van der Waals surface area contributed by atoms with Gasteiger partial charge in [-0.25, -0.2) is 4.79 Å². The standard InChI is InChI=1S/C22H24Br2N2O5/c1-9(2)31-22(30)11-4-6-12(7-5-11)25-19(27)10(3)26-20(28)15-13-8-14(16(15)21(26)29)18(24)17(13)23/h4-7,9-10,13-18H,8H2,1-3H3,(H,25,27). The Morgan fingerprint density at radius 1 is 1.00 bits per heavy atom. The number of likely N-dealkylation sites (tertiary alicyclic amines) is 1. The molecular weight excluding hydrogens is 532 g/mol. The smallest absolute Gasteiger partial charge is 0.338 e. The lowest BCUT2D eigenvalue weighted by Crippen LogP contribution is -2.46. The van der Waals surface area contributed by atoms with E-state index in [1.807, 2.05) is 0 Å². The lowest BCUT2D eigenvalue weighted by Gasteiger charge is -2.28. The number of benzene rings is 1. The predicted molar refractivity (Wildman–Crippen MR) is 121 cm³/mol. The van der Waals surface area contributed by atoms with Crippen LogP contribution >= 0.6 is 31.9 Å². The zero-order chi connectivity index (χ0) is 22.6. The normalized spacial score (nSPS) is 32.4. The predicted octanol–water partition coefficient (Wildman–Crippen LogP) is 3.36. The maximum Gasteiger partial charge on any atom is 0.338 e. The monoisotopic (exact) mass is 554 g/mol. The largest absolute Gasteiger partial charge is 0.459 e. The van der Waals surface area contributed by atoms with Crippen LogP contribution in [0.2, 0.25) is 0 Å². The Bertz CT molecular complexity index is 902. The van der Waals surface area contributed by atoms with Gasteiger partial charge in [-0.3, -0.25) is 19.3 Å². The summed E-state index contributed by atoms with van der Waals surface area (Å²) in [5, 5.41) is 2.73. The van der Waals surface area contributed by atoms with Crippen LogP contribution < -0.4 is 5.32 Å². The molecule has 0 spiro atoms. The van der Waals surface area contributed by atoms with E-state index in [-0.39, 0.29) is 51.2 Å². The number of fused-ring (bicyclic) bond motifs is 5. The molecule has 166 valence electrons. The molecule has 1 heterocycles. The molecule has 2 bridgehead atoms. The first kappa shape index (κ1) is 22.5. The summed E-state index contributed by atoms with van der Waals surface area (Å²) in [4.78, 5) is 52.4. The Hall–Kier alpha value is -1.74. The summed E-state index contributed by atoms with van der Waals surface area (Å²) in [5.74, 6) is -1.87. The van der Waals surface area contributed by atoms with Crippen molar-refractivity contribution in [1.29, 1.82) is 0 Å².